The van der Waals surface area contributed by atoms with Gasteiger partial charge in [-0.1, -0.05) is 35.9 Å². The smallest absolute Gasteiger partial charge is 0.251 e. The van der Waals surface area contributed by atoms with Gasteiger partial charge in [-0.15, -0.1) is 0 Å². The lowest BCUT2D eigenvalue weighted by Crippen LogP contribution is -2.23. The Labute approximate surface area is 174 Å². The monoisotopic (exact) mass is 430 g/mol. The molecule has 1 aliphatic heterocycles. The molecule has 0 aromatic heterocycles. The number of phenols is 1. The maximum absolute atomic E-state index is 14.8. The van der Waals surface area contributed by atoms with Crippen molar-refractivity contribution in [1.29, 1.82) is 0 Å². The zero-order chi connectivity index (χ0) is 20.7. The summed E-state index contributed by atoms with van der Waals surface area (Å²) in [7, 11) is -1.94. The third-order valence-corrected chi connectivity index (χ3v) is 6.16. The van der Waals surface area contributed by atoms with Crippen LogP contribution in [0.5, 0.6) is 5.75 Å². The number of fused-ring (bicyclic) bond motifs is 6. The van der Waals surface area contributed by atoms with Crippen LogP contribution in [0.15, 0.2) is 53.4 Å². The lowest BCUT2D eigenvalue weighted by molar-refractivity contribution is 0.0950. The first-order valence-electron chi connectivity index (χ1n) is 8.72. The van der Waals surface area contributed by atoms with Gasteiger partial charge in [0, 0.05) is 17.7 Å². The standard InChI is InChI=1S/C21H16ClFN2O3S/c1-11-6-17(23)15-9-18(11)25-29(28)19-8-13(7-16(22)20(19)26)21(27)24-10-12-4-2-3-5-14(12)15/h2-9,25-26H,10H2,1H3,(H,24,27). The summed E-state index contributed by atoms with van der Waals surface area (Å²) < 4.78 is 30.5. The van der Waals surface area contributed by atoms with Gasteiger partial charge in [0.2, 0.25) is 0 Å². The van der Waals surface area contributed by atoms with Crippen molar-refractivity contribution < 1.29 is 18.5 Å². The Balaban J connectivity index is 1.95. The second-order valence-electron chi connectivity index (χ2n) is 6.66. The zero-order valence-corrected chi connectivity index (χ0v) is 16.8. The highest BCUT2D eigenvalue weighted by Gasteiger charge is 2.21. The average Bonchev–Trinajstić information content (AvgIpc) is 2.70. The van der Waals surface area contributed by atoms with E-state index in [4.69, 9.17) is 11.6 Å². The van der Waals surface area contributed by atoms with Gasteiger partial charge < -0.3 is 15.1 Å². The minimum atomic E-state index is -1.94. The average molecular weight is 431 g/mol. The molecule has 3 aromatic carbocycles. The Hall–Kier alpha value is -2.90. The number of nitrogens with one attached hydrogen (secondary N) is 2. The number of carbonyl (C=O) groups excluding carboxylic acids is 1. The van der Waals surface area contributed by atoms with Gasteiger partial charge in [0.25, 0.3) is 5.91 Å². The number of amides is 1. The summed E-state index contributed by atoms with van der Waals surface area (Å²) in [6.45, 7) is 1.84. The molecule has 0 fully saturated rings. The topological polar surface area (TPSA) is 78.4 Å². The summed E-state index contributed by atoms with van der Waals surface area (Å²) in [4.78, 5) is 12.6. The van der Waals surface area contributed by atoms with Crippen LogP contribution in [0.2, 0.25) is 5.02 Å². The van der Waals surface area contributed by atoms with Gasteiger partial charge in [0.1, 0.15) is 10.7 Å². The number of rotatable bonds is 0. The highest BCUT2D eigenvalue weighted by Crippen LogP contribution is 2.35. The summed E-state index contributed by atoms with van der Waals surface area (Å²) >= 11 is 6.05. The van der Waals surface area contributed by atoms with Gasteiger partial charge in [-0.2, -0.15) is 0 Å². The molecule has 1 amide bonds. The van der Waals surface area contributed by atoms with E-state index in [9.17, 15) is 18.5 Å². The van der Waals surface area contributed by atoms with Crippen LogP contribution in [0.1, 0.15) is 21.5 Å². The molecule has 1 atom stereocenters. The number of carbonyl (C=O) groups is 1. The van der Waals surface area contributed by atoms with Crippen LogP contribution in [0.25, 0.3) is 11.1 Å². The van der Waals surface area contributed by atoms with Crippen molar-refractivity contribution in [2.24, 2.45) is 0 Å². The first-order chi connectivity index (χ1) is 13.8. The highest BCUT2D eigenvalue weighted by molar-refractivity contribution is 7.86. The normalized spacial score (nSPS) is 15.8. The molecule has 3 N–H and O–H groups in total. The Morgan fingerprint density at radius 1 is 1.14 bits per heavy atom. The largest absolute Gasteiger partial charge is 0.505 e. The Morgan fingerprint density at radius 2 is 1.90 bits per heavy atom. The number of hydrogen-bond acceptors (Lipinski definition) is 3. The molecule has 0 saturated heterocycles. The number of anilines is 1. The number of phenolic OH excluding ortho intramolecular Hbond substituents is 1. The molecule has 0 aliphatic carbocycles. The van der Waals surface area contributed by atoms with Crippen LogP contribution in [0.3, 0.4) is 0 Å². The third-order valence-electron chi connectivity index (χ3n) is 4.75. The zero-order valence-electron chi connectivity index (χ0n) is 15.3. The van der Waals surface area contributed by atoms with E-state index in [-0.39, 0.29) is 27.8 Å². The second-order valence-corrected chi connectivity index (χ2v) is 8.25. The van der Waals surface area contributed by atoms with E-state index in [1.165, 1.54) is 18.2 Å². The van der Waals surface area contributed by atoms with Crippen molar-refractivity contribution >= 4 is 34.2 Å². The predicted molar refractivity (Wildman–Crippen MR) is 111 cm³/mol. The number of benzene rings is 3. The molecular formula is C21H16ClFN2O3S. The maximum Gasteiger partial charge on any atom is 0.251 e. The van der Waals surface area contributed by atoms with Crippen molar-refractivity contribution in [3.63, 3.8) is 0 Å². The summed E-state index contributed by atoms with van der Waals surface area (Å²) in [5.74, 6) is -1.27. The first-order valence-corrected chi connectivity index (χ1v) is 10.3. The Kier molecular flexibility index (Phi) is 5.02. The summed E-state index contributed by atoms with van der Waals surface area (Å²) in [6.07, 6.45) is 0. The van der Waals surface area contributed by atoms with Gasteiger partial charge in [-0.05, 0) is 47.9 Å². The van der Waals surface area contributed by atoms with E-state index < -0.39 is 22.7 Å². The van der Waals surface area contributed by atoms with E-state index in [0.29, 0.717) is 22.4 Å². The van der Waals surface area contributed by atoms with E-state index in [2.05, 4.69) is 10.0 Å². The van der Waals surface area contributed by atoms with Crippen molar-refractivity contribution in [2.75, 3.05) is 4.72 Å². The van der Waals surface area contributed by atoms with Crippen molar-refractivity contribution in [3.05, 3.63) is 76.1 Å². The number of hydrogen-bond donors (Lipinski definition) is 3. The molecule has 1 unspecified atom stereocenters. The fraction of sp³-hybridized carbons (Fsp3) is 0.0952. The quantitative estimate of drug-likeness (QED) is 0.490. The highest BCUT2D eigenvalue weighted by atomic mass is 35.5. The minimum absolute atomic E-state index is 0.0373. The van der Waals surface area contributed by atoms with Crippen LogP contribution in [0, 0.1) is 12.7 Å². The maximum atomic E-state index is 14.8. The minimum Gasteiger partial charge on any atom is -0.505 e. The second kappa shape index (κ2) is 7.50. The van der Waals surface area contributed by atoms with E-state index >= 15 is 0 Å². The lowest BCUT2D eigenvalue weighted by atomic mass is 9.97. The summed E-state index contributed by atoms with van der Waals surface area (Å²) in [5.41, 5.74) is 2.79. The van der Waals surface area contributed by atoms with Crippen LogP contribution in [0.4, 0.5) is 10.1 Å². The van der Waals surface area contributed by atoms with Gasteiger partial charge in [-0.3, -0.25) is 4.79 Å². The van der Waals surface area contributed by atoms with Crippen LogP contribution >= 0.6 is 11.6 Å². The number of aryl methyl sites for hydroxylation is 1. The molecule has 1 heterocycles. The molecule has 148 valence electrons. The molecular weight excluding hydrogens is 415 g/mol. The molecule has 8 heteroatoms. The number of aromatic hydroxyl groups is 1. The molecule has 1 aliphatic rings. The van der Waals surface area contributed by atoms with Crippen LogP contribution in [-0.2, 0) is 17.5 Å². The summed E-state index contributed by atoms with van der Waals surface area (Å²) in [6, 6.07) is 12.7. The SMILES string of the molecule is Cc1cc(F)c2cc1NS(=O)c1cc(cc(Cl)c1O)C(=O)NCc1ccccc1-2. The molecule has 4 bridgehead atoms. The fourth-order valence-corrected chi connectivity index (χ4v) is 4.53. The molecule has 5 nitrogen and oxygen atoms in total. The molecule has 0 radical (unpaired) electrons. The van der Waals surface area contributed by atoms with Gasteiger partial charge in [0.15, 0.2) is 16.7 Å². The van der Waals surface area contributed by atoms with Gasteiger partial charge in [0.05, 0.1) is 10.7 Å². The van der Waals surface area contributed by atoms with Crippen molar-refractivity contribution in [3.8, 4) is 16.9 Å². The molecule has 0 saturated carbocycles. The fourth-order valence-electron chi connectivity index (χ4n) is 3.20. The predicted octanol–water partition coefficient (Wildman–Crippen LogP) is 4.54. The molecule has 3 aromatic rings. The van der Waals surface area contributed by atoms with Gasteiger partial charge in [-0.25, -0.2) is 8.60 Å². The first kappa shape index (κ1) is 19.4. The van der Waals surface area contributed by atoms with Crippen molar-refractivity contribution in [2.45, 2.75) is 18.4 Å². The third kappa shape index (κ3) is 3.59. The van der Waals surface area contributed by atoms with Crippen LogP contribution in [-0.4, -0.2) is 15.2 Å². The lowest BCUT2D eigenvalue weighted by Gasteiger charge is -2.15. The Bertz CT molecular complexity index is 1180. The molecule has 29 heavy (non-hydrogen) atoms. The molecule has 4 rings (SSSR count). The number of halogens is 2. The van der Waals surface area contributed by atoms with Crippen LogP contribution < -0.4 is 10.0 Å². The van der Waals surface area contributed by atoms with Gasteiger partial charge >= 0.3 is 0 Å². The Morgan fingerprint density at radius 3 is 2.69 bits per heavy atom. The van der Waals surface area contributed by atoms with Crippen molar-refractivity contribution in [1.82, 2.24) is 5.32 Å². The van der Waals surface area contributed by atoms with E-state index in [1.54, 1.807) is 37.3 Å². The van der Waals surface area contributed by atoms with E-state index in [1.807, 2.05) is 0 Å². The summed E-state index contributed by atoms with van der Waals surface area (Å²) in [5, 5.41) is 12.9. The van der Waals surface area contributed by atoms with E-state index in [0.717, 1.165) is 5.56 Å². The molecule has 0 spiro atoms.